The van der Waals surface area contributed by atoms with E-state index in [9.17, 15) is 0 Å². The van der Waals surface area contributed by atoms with Gasteiger partial charge in [0.2, 0.25) is 0 Å². The number of rotatable bonds is 6. The molecular formula is C14H29N5. The fraction of sp³-hybridized carbons (Fsp3) is 0.786. The molecule has 2 N–H and O–H groups in total. The molecular weight excluding hydrogens is 238 g/mol. The largest absolute Gasteiger partial charge is 0.356 e. The molecule has 0 radical (unpaired) electrons. The van der Waals surface area contributed by atoms with E-state index in [1.807, 2.05) is 6.08 Å². The highest BCUT2D eigenvalue weighted by Gasteiger charge is 2.11. The summed E-state index contributed by atoms with van der Waals surface area (Å²) in [6.45, 7) is 11.4. The maximum Gasteiger partial charge on any atom is 0.191 e. The number of hydrogen-bond acceptors (Lipinski definition) is 3. The fourth-order valence-electron chi connectivity index (χ4n) is 2.22. The van der Waals surface area contributed by atoms with Crippen molar-refractivity contribution < 1.29 is 0 Å². The van der Waals surface area contributed by atoms with Gasteiger partial charge in [0.25, 0.3) is 0 Å². The van der Waals surface area contributed by atoms with E-state index in [1.54, 1.807) is 7.05 Å². The van der Waals surface area contributed by atoms with Crippen LogP contribution in [-0.2, 0) is 0 Å². The van der Waals surface area contributed by atoms with Gasteiger partial charge < -0.3 is 20.4 Å². The third kappa shape index (κ3) is 7.18. The summed E-state index contributed by atoms with van der Waals surface area (Å²) in [6, 6.07) is 0. The molecule has 0 atom stereocenters. The molecule has 1 rings (SSSR count). The molecule has 1 heterocycles. The van der Waals surface area contributed by atoms with E-state index in [2.05, 4.69) is 39.1 Å². The van der Waals surface area contributed by atoms with Crippen molar-refractivity contribution in [1.29, 1.82) is 0 Å². The van der Waals surface area contributed by atoms with Gasteiger partial charge in [-0.05, 0) is 39.5 Å². The highest BCUT2D eigenvalue weighted by molar-refractivity contribution is 5.79. The molecule has 0 spiro atoms. The topological polar surface area (TPSA) is 42.9 Å². The Balaban J connectivity index is 2.10. The maximum absolute atomic E-state index is 4.16. The Labute approximate surface area is 117 Å². The zero-order valence-corrected chi connectivity index (χ0v) is 12.5. The third-order valence-corrected chi connectivity index (χ3v) is 3.39. The van der Waals surface area contributed by atoms with Gasteiger partial charge >= 0.3 is 0 Å². The third-order valence-electron chi connectivity index (χ3n) is 3.39. The van der Waals surface area contributed by atoms with E-state index in [0.29, 0.717) is 0 Å². The second-order valence-electron chi connectivity index (χ2n) is 5.02. The van der Waals surface area contributed by atoms with Crippen LogP contribution in [0.15, 0.2) is 17.6 Å². The average molecular weight is 267 g/mol. The minimum atomic E-state index is 0.748. The smallest absolute Gasteiger partial charge is 0.191 e. The lowest BCUT2D eigenvalue weighted by Gasteiger charge is -2.20. The molecule has 0 aromatic carbocycles. The molecule has 1 saturated heterocycles. The van der Waals surface area contributed by atoms with Crippen LogP contribution in [-0.4, -0.2) is 75.7 Å². The zero-order valence-electron chi connectivity index (χ0n) is 12.5. The van der Waals surface area contributed by atoms with Crippen LogP contribution in [0.3, 0.4) is 0 Å². The van der Waals surface area contributed by atoms with Gasteiger partial charge in [-0.25, -0.2) is 0 Å². The summed E-state index contributed by atoms with van der Waals surface area (Å²) in [4.78, 5) is 9.14. The molecule has 19 heavy (non-hydrogen) atoms. The number of guanidine groups is 1. The van der Waals surface area contributed by atoms with Crippen LogP contribution < -0.4 is 10.6 Å². The van der Waals surface area contributed by atoms with Crippen LogP contribution in [0.25, 0.3) is 0 Å². The van der Waals surface area contributed by atoms with Crippen molar-refractivity contribution in [2.24, 2.45) is 4.99 Å². The minimum Gasteiger partial charge on any atom is -0.356 e. The molecule has 0 aromatic rings. The van der Waals surface area contributed by atoms with Gasteiger partial charge in [-0.2, -0.15) is 0 Å². The first-order valence-corrected chi connectivity index (χ1v) is 7.22. The summed E-state index contributed by atoms with van der Waals surface area (Å²) < 4.78 is 0. The summed E-state index contributed by atoms with van der Waals surface area (Å²) in [7, 11) is 4.00. The molecule has 1 aliphatic rings. The molecule has 0 saturated carbocycles. The first-order valence-electron chi connectivity index (χ1n) is 7.22. The standard InChI is InChI=1S/C14H29N5/c1-4-7-16-14(15-2)17-8-5-10-19-11-6-9-18(3)12-13-19/h4H,1,5-13H2,2-3H3,(H2,15,16,17). The first kappa shape index (κ1) is 16.0. The maximum atomic E-state index is 4.16. The summed E-state index contributed by atoms with van der Waals surface area (Å²) in [6.07, 6.45) is 4.27. The SMILES string of the molecule is C=CCNC(=NC)NCCCN1CCCN(C)CC1. The van der Waals surface area contributed by atoms with Gasteiger partial charge in [-0.3, -0.25) is 4.99 Å². The quantitative estimate of drug-likeness (QED) is 0.316. The molecule has 0 bridgehead atoms. The number of hydrogen-bond donors (Lipinski definition) is 2. The van der Waals surface area contributed by atoms with Crippen LogP contribution in [0.2, 0.25) is 0 Å². The Kier molecular flexibility index (Phi) is 8.25. The van der Waals surface area contributed by atoms with Crippen LogP contribution in [0.5, 0.6) is 0 Å². The Hall–Kier alpha value is -1.07. The lowest BCUT2D eigenvalue weighted by Crippen LogP contribution is -2.39. The summed E-state index contributed by atoms with van der Waals surface area (Å²) in [5.74, 6) is 0.857. The summed E-state index contributed by atoms with van der Waals surface area (Å²) in [5.41, 5.74) is 0. The van der Waals surface area contributed by atoms with Crippen molar-refractivity contribution >= 4 is 5.96 Å². The van der Waals surface area contributed by atoms with Gasteiger partial charge in [0, 0.05) is 33.2 Å². The van der Waals surface area contributed by atoms with Crippen LogP contribution in [0.4, 0.5) is 0 Å². The Morgan fingerprint density at radius 2 is 2.11 bits per heavy atom. The first-order chi connectivity index (χ1) is 9.26. The van der Waals surface area contributed by atoms with E-state index >= 15 is 0 Å². The van der Waals surface area contributed by atoms with Crippen molar-refractivity contribution in [2.45, 2.75) is 12.8 Å². The van der Waals surface area contributed by atoms with E-state index in [-0.39, 0.29) is 0 Å². The van der Waals surface area contributed by atoms with Crippen molar-refractivity contribution in [2.75, 3.05) is 59.9 Å². The van der Waals surface area contributed by atoms with Crippen molar-refractivity contribution in [1.82, 2.24) is 20.4 Å². The van der Waals surface area contributed by atoms with Crippen LogP contribution in [0, 0.1) is 0 Å². The van der Waals surface area contributed by atoms with Gasteiger partial charge in [0.1, 0.15) is 0 Å². The van der Waals surface area contributed by atoms with Crippen molar-refractivity contribution in [3.8, 4) is 0 Å². The molecule has 0 aliphatic carbocycles. The lowest BCUT2D eigenvalue weighted by atomic mass is 10.3. The Morgan fingerprint density at radius 1 is 1.26 bits per heavy atom. The van der Waals surface area contributed by atoms with Gasteiger partial charge in [0.05, 0.1) is 0 Å². The number of nitrogens with one attached hydrogen (secondary N) is 2. The van der Waals surface area contributed by atoms with Gasteiger partial charge in [-0.1, -0.05) is 6.08 Å². The van der Waals surface area contributed by atoms with Gasteiger partial charge in [0.15, 0.2) is 5.96 Å². The second-order valence-corrected chi connectivity index (χ2v) is 5.02. The van der Waals surface area contributed by atoms with Crippen LogP contribution >= 0.6 is 0 Å². The number of likely N-dealkylation sites (N-methyl/N-ethyl adjacent to an activating group) is 1. The van der Waals surface area contributed by atoms with E-state index in [1.165, 1.54) is 39.1 Å². The predicted octanol–water partition coefficient (Wildman–Crippen LogP) is 0.365. The minimum absolute atomic E-state index is 0.748. The molecule has 110 valence electrons. The second kappa shape index (κ2) is 9.81. The molecule has 0 aromatic heterocycles. The lowest BCUT2D eigenvalue weighted by molar-refractivity contribution is 0.274. The number of aliphatic imine (C=N–C) groups is 1. The fourth-order valence-corrected chi connectivity index (χ4v) is 2.22. The van der Waals surface area contributed by atoms with E-state index < -0.39 is 0 Å². The molecule has 5 heteroatoms. The van der Waals surface area contributed by atoms with E-state index in [4.69, 9.17) is 0 Å². The number of nitrogens with zero attached hydrogens (tertiary/aromatic N) is 3. The Morgan fingerprint density at radius 3 is 2.84 bits per heavy atom. The normalized spacial score (nSPS) is 18.9. The summed E-state index contributed by atoms with van der Waals surface area (Å²) in [5, 5.41) is 6.50. The Bertz CT molecular complexity index is 277. The highest BCUT2D eigenvalue weighted by Crippen LogP contribution is 2.01. The molecule has 5 nitrogen and oxygen atoms in total. The van der Waals surface area contributed by atoms with Crippen molar-refractivity contribution in [3.05, 3.63) is 12.7 Å². The van der Waals surface area contributed by atoms with Crippen LogP contribution in [0.1, 0.15) is 12.8 Å². The molecule has 0 unspecified atom stereocenters. The van der Waals surface area contributed by atoms with Gasteiger partial charge in [-0.15, -0.1) is 6.58 Å². The molecule has 1 fully saturated rings. The summed E-state index contributed by atoms with van der Waals surface area (Å²) >= 11 is 0. The average Bonchev–Trinajstić information content (AvgIpc) is 2.63. The zero-order chi connectivity index (χ0) is 13.9. The highest BCUT2D eigenvalue weighted by atomic mass is 15.2. The predicted molar refractivity (Wildman–Crippen MR) is 82.7 cm³/mol. The molecule has 1 aliphatic heterocycles. The monoisotopic (exact) mass is 267 g/mol. The van der Waals surface area contributed by atoms with Crippen molar-refractivity contribution in [3.63, 3.8) is 0 Å². The van der Waals surface area contributed by atoms with E-state index in [0.717, 1.165) is 25.5 Å². The molecule has 0 amide bonds.